The number of methoxy groups -OCH3 is 1. The molecule has 1 aliphatic rings. The topological polar surface area (TPSA) is 24.5 Å². The van der Waals surface area contributed by atoms with Crippen molar-refractivity contribution in [1.29, 1.82) is 0 Å². The van der Waals surface area contributed by atoms with E-state index in [-0.39, 0.29) is 0 Å². The Morgan fingerprint density at radius 2 is 2.35 bits per heavy atom. The summed E-state index contributed by atoms with van der Waals surface area (Å²) in [5, 5.41) is 3.22. The number of fused-ring (bicyclic) bond motifs is 1. The molecule has 0 aliphatic carbocycles. The lowest BCUT2D eigenvalue weighted by Gasteiger charge is -2.35. The Labute approximate surface area is 108 Å². The molecule has 0 saturated heterocycles. The lowest BCUT2D eigenvalue weighted by Crippen LogP contribution is -2.38. The van der Waals surface area contributed by atoms with E-state index in [2.05, 4.69) is 29.4 Å². The molecule has 0 spiro atoms. The molecule has 3 nitrogen and oxygen atoms in total. The van der Waals surface area contributed by atoms with Crippen LogP contribution in [0.3, 0.4) is 0 Å². The smallest absolute Gasteiger partial charge is 0.121 e. The van der Waals surface area contributed by atoms with Crippen molar-refractivity contribution in [2.45, 2.75) is 17.4 Å². The Balaban J connectivity index is 2.18. The molecule has 0 radical (unpaired) electrons. The third kappa shape index (κ3) is 2.69. The van der Waals surface area contributed by atoms with Gasteiger partial charge in [-0.15, -0.1) is 11.8 Å². The number of benzene rings is 1. The summed E-state index contributed by atoms with van der Waals surface area (Å²) in [5.41, 5.74) is 1.29. The summed E-state index contributed by atoms with van der Waals surface area (Å²) in [7, 11) is 5.90. The molecular weight excluding hydrogens is 232 g/mol. The molecule has 0 amide bonds. The summed E-state index contributed by atoms with van der Waals surface area (Å²) in [6, 6.07) is 6.93. The molecule has 1 N–H and O–H groups in total. The van der Waals surface area contributed by atoms with Gasteiger partial charge in [-0.1, -0.05) is 0 Å². The minimum atomic E-state index is 0.604. The number of anilines is 1. The number of hydrogen-bond donors (Lipinski definition) is 1. The van der Waals surface area contributed by atoms with Crippen LogP contribution in [-0.2, 0) is 0 Å². The number of nitrogens with zero attached hydrogens (tertiary/aromatic N) is 1. The zero-order valence-electron chi connectivity index (χ0n) is 10.7. The van der Waals surface area contributed by atoms with E-state index in [0.717, 1.165) is 18.0 Å². The SMILES string of the molecule is CNCCC1CSc2ccc(OC)cc2N1C. The number of thioether (sulfide) groups is 1. The third-order valence-corrected chi connectivity index (χ3v) is 4.46. The monoisotopic (exact) mass is 252 g/mol. The first-order chi connectivity index (χ1) is 8.26. The van der Waals surface area contributed by atoms with Crippen molar-refractivity contribution in [2.24, 2.45) is 0 Å². The van der Waals surface area contributed by atoms with Crippen molar-refractivity contribution in [3.05, 3.63) is 18.2 Å². The summed E-state index contributed by atoms with van der Waals surface area (Å²) in [6.45, 7) is 1.06. The van der Waals surface area contributed by atoms with Crippen LogP contribution in [0.2, 0.25) is 0 Å². The Bertz CT molecular complexity index is 384. The predicted octanol–water partition coefficient (Wildman–Crippen LogP) is 2.22. The third-order valence-electron chi connectivity index (χ3n) is 3.25. The van der Waals surface area contributed by atoms with Gasteiger partial charge >= 0.3 is 0 Å². The Morgan fingerprint density at radius 3 is 3.06 bits per heavy atom. The van der Waals surface area contributed by atoms with Gasteiger partial charge < -0.3 is 15.0 Å². The minimum absolute atomic E-state index is 0.604. The fourth-order valence-corrected chi connectivity index (χ4v) is 3.38. The van der Waals surface area contributed by atoms with Crippen LogP contribution in [0.5, 0.6) is 5.75 Å². The van der Waals surface area contributed by atoms with E-state index >= 15 is 0 Å². The lowest BCUT2D eigenvalue weighted by atomic mass is 10.1. The number of hydrogen-bond acceptors (Lipinski definition) is 4. The average molecular weight is 252 g/mol. The second-order valence-electron chi connectivity index (χ2n) is 4.30. The van der Waals surface area contributed by atoms with E-state index in [1.165, 1.54) is 17.0 Å². The van der Waals surface area contributed by atoms with Crippen LogP contribution in [0.1, 0.15) is 6.42 Å². The van der Waals surface area contributed by atoms with E-state index in [4.69, 9.17) is 4.74 Å². The molecule has 0 fully saturated rings. The van der Waals surface area contributed by atoms with E-state index in [1.807, 2.05) is 24.9 Å². The molecule has 4 heteroatoms. The van der Waals surface area contributed by atoms with Crippen LogP contribution in [0.15, 0.2) is 23.1 Å². The normalized spacial score (nSPS) is 19.0. The van der Waals surface area contributed by atoms with Crippen LogP contribution in [-0.4, -0.2) is 39.5 Å². The standard InChI is InChI=1S/C13H20N2OS/c1-14-7-6-10-9-17-13-5-4-11(16-3)8-12(13)15(10)2/h4-5,8,10,14H,6-7,9H2,1-3H3. The van der Waals surface area contributed by atoms with Crippen molar-refractivity contribution in [3.8, 4) is 5.75 Å². The van der Waals surface area contributed by atoms with E-state index < -0.39 is 0 Å². The molecule has 1 unspecified atom stereocenters. The maximum atomic E-state index is 5.30. The summed E-state index contributed by atoms with van der Waals surface area (Å²) >= 11 is 1.95. The molecule has 0 saturated carbocycles. The second kappa shape index (κ2) is 5.65. The molecule has 2 rings (SSSR count). The molecule has 1 heterocycles. The molecular formula is C13H20N2OS. The van der Waals surface area contributed by atoms with Crippen molar-refractivity contribution in [3.63, 3.8) is 0 Å². The van der Waals surface area contributed by atoms with Gasteiger partial charge in [-0.3, -0.25) is 0 Å². The van der Waals surface area contributed by atoms with Crippen molar-refractivity contribution in [2.75, 3.05) is 38.4 Å². The molecule has 0 aromatic heterocycles. The number of ether oxygens (including phenoxy) is 1. The van der Waals surface area contributed by atoms with Crippen molar-refractivity contribution < 1.29 is 4.74 Å². The molecule has 94 valence electrons. The van der Waals surface area contributed by atoms with Crippen LogP contribution in [0.25, 0.3) is 0 Å². The first-order valence-corrected chi connectivity index (χ1v) is 6.93. The van der Waals surface area contributed by atoms with E-state index in [0.29, 0.717) is 6.04 Å². The minimum Gasteiger partial charge on any atom is -0.497 e. The van der Waals surface area contributed by atoms with Crippen LogP contribution >= 0.6 is 11.8 Å². The van der Waals surface area contributed by atoms with Gasteiger partial charge in [0.15, 0.2) is 0 Å². The van der Waals surface area contributed by atoms with Gasteiger partial charge in [0.05, 0.1) is 12.8 Å². The van der Waals surface area contributed by atoms with Gasteiger partial charge in [0.25, 0.3) is 0 Å². The van der Waals surface area contributed by atoms with Crippen molar-refractivity contribution >= 4 is 17.4 Å². The van der Waals surface area contributed by atoms with E-state index in [1.54, 1.807) is 7.11 Å². The highest BCUT2D eigenvalue weighted by molar-refractivity contribution is 7.99. The summed E-state index contributed by atoms with van der Waals surface area (Å²) < 4.78 is 5.30. The van der Waals surface area contributed by atoms with Gasteiger partial charge in [-0.2, -0.15) is 0 Å². The zero-order valence-corrected chi connectivity index (χ0v) is 11.5. The summed E-state index contributed by atoms with van der Waals surface area (Å²) in [4.78, 5) is 3.74. The average Bonchev–Trinajstić information content (AvgIpc) is 2.38. The molecule has 0 bridgehead atoms. The summed E-state index contributed by atoms with van der Waals surface area (Å²) in [6.07, 6.45) is 1.18. The zero-order chi connectivity index (χ0) is 12.3. The first-order valence-electron chi connectivity index (χ1n) is 5.94. The maximum Gasteiger partial charge on any atom is 0.121 e. The van der Waals surface area contributed by atoms with Crippen LogP contribution in [0, 0.1) is 0 Å². The van der Waals surface area contributed by atoms with Gasteiger partial charge in [-0.05, 0) is 32.1 Å². The number of rotatable bonds is 4. The highest BCUT2D eigenvalue weighted by Gasteiger charge is 2.23. The predicted molar refractivity (Wildman–Crippen MR) is 74.5 cm³/mol. The fourth-order valence-electron chi connectivity index (χ4n) is 2.10. The second-order valence-corrected chi connectivity index (χ2v) is 5.36. The van der Waals surface area contributed by atoms with Gasteiger partial charge in [-0.25, -0.2) is 0 Å². The first kappa shape index (κ1) is 12.6. The molecule has 1 aromatic rings. The largest absolute Gasteiger partial charge is 0.497 e. The fraction of sp³-hybridized carbons (Fsp3) is 0.538. The summed E-state index contributed by atoms with van der Waals surface area (Å²) in [5.74, 6) is 2.10. The molecule has 17 heavy (non-hydrogen) atoms. The lowest BCUT2D eigenvalue weighted by molar-refractivity contribution is 0.414. The van der Waals surface area contributed by atoms with Crippen LogP contribution in [0.4, 0.5) is 5.69 Å². The highest BCUT2D eigenvalue weighted by atomic mass is 32.2. The molecule has 1 aliphatic heterocycles. The van der Waals surface area contributed by atoms with Gasteiger partial charge in [0.2, 0.25) is 0 Å². The molecule has 1 aromatic carbocycles. The Morgan fingerprint density at radius 1 is 1.53 bits per heavy atom. The van der Waals surface area contributed by atoms with Gasteiger partial charge in [0, 0.05) is 29.8 Å². The Hall–Kier alpha value is -0.870. The van der Waals surface area contributed by atoms with Crippen molar-refractivity contribution in [1.82, 2.24) is 5.32 Å². The Kier molecular flexibility index (Phi) is 4.18. The van der Waals surface area contributed by atoms with E-state index in [9.17, 15) is 0 Å². The van der Waals surface area contributed by atoms with Crippen LogP contribution < -0.4 is 15.0 Å². The quantitative estimate of drug-likeness (QED) is 0.888. The number of nitrogens with one attached hydrogen (secondary N) is 1. The highest BCUT2D eigenvalue weighted by Crippen LogP contribution is 2.39. The maximum absolute atomic E-state index is 5.30. The van der Waals surface area contributed by atoms with Gasteiger partial charge in [0.1, 0.15) is 5.75 Å². The molecule has 1 atom stereocenters.